The van der Waals surface area contributed by atoms with Crippen molar-refractivity contribution in [3.8, 4) is 0 Å². The standard InChI is InChI=1S/C17H23N3/c1-14-13-15(18)9-10-17(14)19-11-6-12-20(2)16-7-4-3-5-8-16/h3-5,7-10,13,19H,6,11-12,18H2,1-2H3. The summed E-state index contributed by atoms with van der Waals surface area (Å²) in [4.78, 5) is 2.28. The first-order chi connectivity index (χ1) is 9.66. The molecule has 20 heavy (non-hydrogen) atoms. The average Bonchev–Trinajstić information content (AvgIpc) is 2.46. The van der Waals surface area contributed by atoms with Crippen molar-refractivity contribution in [1.82, 2.24) is 0 Å². The summed E-state index contributed by atoms with van der Waals surface area (Å²) in [5, 5.41) is 3.46. The lowest BCUT2D eigenvalue weighted by atomic mass is 10.2. The summed E-state index contributed by atoms with van der Waals surface area (Å²) < 4.78 is 0. The molecule has 2 aromatic rings. The number of benzene rings is 2. The van der Waals surface area contributed by atoms with E-state index >= 15 is 0 Å². The minimum absolute atomic E-state index is 0.817. The Balaban J connectivity index is 1.76. The normalized spacial score (nSPS) is 10.3. The Hall–Kier alpha value is -2.16. The van der Waals surface area contributed by atoms with Gasteiger partial charge in [-0.15, -0.1) is 0 Å². The van der Waals surface area contributed by atoms with Gasteiger partial charge in [0.2, 0.25) is 0 Å². The van der Waals surface area contributed by atoms with Crippen LogP contribution in [0.4, 0.5) is 17.1 Å². The van der Waals surface area contributed by atoms with E-state index in [1.807, 2.05) is 24.3 Å². The highest BCUT2D eigenvalue weighted by Crippen LogP contribution is 2.17. The van der Waals surface area contributed by atoms with Crippen LogP contribution in [-0.4, -0.2) is 20.1 Å². The van der Waals surface area contributed by atoms with Crippen molar-refractivity contribution in [3.63, 3.8) is 0 Å². The summed E-state index contributed by atoms with van der Waals surface area (Å²) in [6.07, 6.45) is 1.09. The first-order valence-corrected chi connectivity index (χ1v) is 7.03. The molecule has 0 radical (unpaired) electrons. The molecule has 0 aliphatic rings. The fraction of sp³-hybridized carbons (Fsp3) is 0.294. The molecule has 0 aliphatic heterocycles. The number of nitrogens with two attached hydrogens (primary N) is 1. The molecule has 0 heterocycles. The lowest BCUT2D eigenvalue weighted by Gasteiger charge is -2.19. The molecule has 3 nitrogen and oxygen atoms in total. The molecule has 2 aromatic carbocycles. The van der Waals surface area contributed by atoms with E-state index < -0.39 is 0 Å². The molecule has 2 rings (SSSR count). The third-order valence-corrected chi connectivity index (χ3v) is 3.43. The van der Waals surface area contributed by atoms with E-state index in [-0.39, 0.29) is 0 Å². The topological polar surface area (TPSA) is 41.3 Å². The highest BCUT2D eigenvalue weighted by atomic mass is 15.1. The monoisotopic (exact) mass is 269 g/mol. The molecule has 0 aromatic heterocycles. The molecule has 0 amide bonds. The molecule has 0 saturated heterocycles. The second-order valence-electron chi connectivity index (χ2n) is 5.11. The Morgan fingerprint density at radius 2 is 1.85 bits per heavy atom. The zero-order chi connectivity index (χ0) is 14.4. The van der Waals surface area contributed by atoms with Gasteiger partial charge in [0.1, 0.15) is 0 Å². The first-order valence-electron chi connectivity index (χ1n) is 7.03. The molecular formula is C17H23N3. The van der Waals surface area contributed by atoms with E-state index in [0.29, 0.717) is 0 Å². The molecule has 0 unspecified atom stereocenters. The molecule has 0 aliphatic carbocycles. The molecule has 0 bridgehead atoms. The summed E-state index contributed by atoms with van der Waals surface area (Å²) in [6, 6.07) is 16.4. The van der Waals surface area contributed by atoms with Gasteiger partial charge in [-0.25, -0.2) is 0 Å². The van der Waals surface area contributed by atoms with Crippen molar-refractivity contribution >= 4 is 17.1 Å². The zero-order valence-corrected chi connectivity index (χ0v) is 12.3. The number of nitrogens with zero attached hydrogens (tertiary/aromatic N) is 1. The van der Waals surface area contributed by atoms with Crippen molar-refractivity contribution in [3.05, 3.63) is 54.1 Å². The van der Waals surface area contributed by atoms with Gasteiger partial charge >= 0.3 is 0 Å². The summed E-state index contributed by atoms with van der Waals surface area (Å²) in [6.45, 7) is 4.07. The smallest absolute Gasteiger partial charge is 0.0371 e. The van der Waals surface area contributed by atoms with Crippen LogP contribution < -0.4 is 16.0 Å². The Labute approximate surface area is 121 Å². The third kappa shape index (κ3) is 3.92. The largest absolute Gasteiger partial charge is 0.399 e. The fourth-order valence-corrected chi connectivity index (χ4v) is 2.24. The Morgan fingerprint density at radius 1 is 1.10 bits per heavy atom. The Bertz CT molecular complexity index is 537. The van der Waals surface area contributed by atoms with Crippen LogP contribution in [0.3, 0.4) is 0 Å². The number of para-hydroxylation sites is 1. The van der Waals surface area contributed by atoms with Gasteiger partial charge in [-0.1, -0.05) is 18.2 Å². The van der Waals surface area contributed by atoms with Gasteiger partial charge < -0.3 is 16.0 Å². The average molecular weight is 269 g/mol. The predicted molar refractivity (Wildman–Crippen MR) is 88.4 cm³/mol. The van der Waals surface area contributed by atoms with Crippen LogP contribution in [0.15, 0.2) is 48.5 Å². The van der Waals surface area contributed by atoms with E-state index in [1.54, 1.807) is 0 Å². The van der Waals surface area contributed by atoms with E-state index in [9.17, 15) is 0 Å². The van der Waals surface area contributed by atoms with Crippen LogP contribution in [0.5, 0.6) is 0 Å². The van der Waals surface area contributed by atoms with Crippen molar-refractivity contribution in [2.45, 2.75) is 13.3 Å². The molecule has 106 valence electrons. The number of aryl methyl sites for hydroxylation is 1. The lowest BCUT2D eigenvalue weighted by molar-refractivity contribution is 0.816. The Morgan fingerprint density at radius 3 is 2.55 bits per heavy atom. The van der Waals surface area contributed by atoms with Crippen LogP contribution in [0.1, 0.15) is 12.0 Å². The molecule has 0 fully saturated rings. The van der Waals surface area contributed by atoms with Crippen LogP contribution >= 0.6 is 0 Å². The second kappa shape index (κ2) is 6.85. The van der Waals surface area contributed by atoms with Crippen LogP contribution in [0, 0.1) is 6.92 Å². The quantitative estimate of drug-likeness (QED) is 0.623. The fourth-order valence-electron chi connectivity index (χ4n) is 2.24. The van der Waals surface area contributed by atoms with Crippen molar-refractivity contribution in [2.75, 3.05) is 36.1 Å². The van der Waals surface area contributed by atoms with Crippen LogP contribution in [-0.2, 0) is 0 Å². The number of nitrogen functional groups attached to an aromatic ring is 1. The van der Waals surface area contributed by atoms with Crippen molar-refractivity contribution in [1.29, 1.82) is 0 Å². The van der Waals surface area contributed by atoms with Crippen LogP contribution in [0.25, 0.3) is 0 Å². The maximum absolute atomic E-state index is 5.75. The molecular weight excluding hydrogens is 246 g/mol. The lowest BCUT2D eigenvalue weighted by Crippen LogP contribution is -2.20. The van der Waals surface area contributed by atoms with Gasteiger partial charge in [0.05, 0.1) is 0 Å². The summed E-state index contributed by atoms with van der Waals surface area (Å²) in [7, 11) is 2.13. The number of hydrogen-bond acceptors (Lipinski definition) is 3. The van der Waals surface area contributed by atoms with E-state index in [1.165, 1.54) is 16.9 Å². The van der Waals surface area contributed by atoms with E-state index in [2.05, 4.69) is 48.5 Å². The summed E-state index contributed by atoms with van der Waals surface area (Å²) in [5.41, 5.74) is 10.2. The second-order valence-corrected chi connectivity index (χ2v) is 5.11. The van der Waals surface area contributed by atoms with Crippen LogP contribution in [0.2, 0.25) is 0 Å². The van der Waals surface area contributed by atoms with Gasteiger partial charge in [0, 0.05) is 37.2 Å². The maximum Gasteiger partial charge on any atom is 0.0371 e. The highest BCUT2D eigenvalue weighted by molar-refractivity contribution is 5.57. The number of nitrogens with one attached hydrogen (secondary N) is 1. The van der Waals surface area contributed by atoms with Gasteiger partial charge in [-0.3, -0.25) is 0 Å². The Kier molecular flexibility index (Phi) is 4.88. The molecule has 0 atom stereocenters. The SMILES string of the molecule is Cc1cc(N)ccc1NCCCN(C)c1ccccc1. The minimum atomic E-state index is 0.817. The van der Waals surface area contributed by atoms with Gasteiger partial charge in [-0.05, 0) is 49.2 Å². The predicted octanol–water partition coefficient (Wildman–Crippen LogP) is 3.52. The van der Waals surface area contributed by atoms with Gasteiger partial charge in [-0.2, -0.15) is 0 Å². The summed E-state index contributed by atoms with van der Waals surface area (Å²) >= 11 is 0. The van der Waals surface area contributed by atoms with E-state index in [0.717, 1.165) is 25.2 Å². The van der Waals surface area contributed by atoms with Crippen molar-refractivity contribution < 1.29 is 0 Å². The first kappa shape index (κ1) is 14.3. The molecule has 3 heteroatoms. The van der Waals surface area contributed by atoms with Crippen molar-refractivity contribution in [2.24, 2.45) is 0 Å². The minimum Gasteiger partial charge on any atom is -0.399 e. The third-order valence-electron chi connectivity index (χ3n) is 3.43. The van der Waals surface area contributed by atoms with Gasteiger partial charge in [0.25, 0.3) is 0 Å². The van der Waals surface area contributed by atoms with Gasteiger partial charge in [0.15, 0.2) is 0 Å². The molecule has 0 saturated carbocycles. The zero-order valence-electron chi connectivity index (χ0n) is 12.3. The summed E-state index contributed by atoms with van der Waals surface area (Å²) in [5.74, 6) is 0. The number of rotatable bonds is 6. The number of hydrogen-bond donors (Lipinski definition) is 2. The molecule has 0 spiro atoms. The highest BCUT2D eigenvalue weighted by Gasteiger charge is 2.00. The number of anilines is 3. The maximum atomic E-state index is 5.75. The van der Waals surface area contributed by atoms with E-state index in [4.69, 9.17) is 5.73 Å². The molecule has 3 N–H and O–H groups in total.